The predicted molar refractivity (Wildman–Crippen MR) is 104 cm³/mol. The first kappa shape index (κ1) is 20.4. The SMILES string of the molecule is CCCCOCc1cc(C(=O)Nc2ccc(Br)cc2F)ccc1OCC. The Morgan fingerprint density at radius 1 is 1.19 bits per heavy atom. The van der Waals surface area contributed by atoms with Gasteiger partial charge in [-0.15, -0.1) is 0 Å². The van der Waals surface area contributed by atoms with Crippen LogP contribution in [-0.2, 0) is 11.3 Å². The van der Waals surface area contributed by atoms with Crippen molar-refractivity contribution in [2.75, 3.05) is 18.5 Å². The Bertz CT molecular complexity index is 752. The van der Waals surface area contributed by atoms with Crippen LogP contribution in [0, 0.1) is 5.82 Å². The van der Waals surface area contributed by atoms with Crippen LogP contribution < -0.4 is 10.1 Å². The van der Waals surface area contributed by atoms with Gasteiger partial charge in [0.1, 0.15) is 11.6 Å². The second kappa shape index (κ2) is 10.3. The number of halogens is 2. The molecule has 140 valence electrons. The van der Waals surface area contributed by atoms with Gasteiger partial charge in [-0.2, -0.15) is 0 Å². The highest BCUT2D eigenvalue weighted by atomic mass is 79.9. The molecule has 0 aliphatic rings. The molecular weight excluding hydrogens is 401 g/mol. The van der Waals surface area contributed by atoms with Crippen LogP contribution in [0.2, 0.25) is 0 Å². The molecule has 4 nitrogen and oxygen atoms in total. The van der Waals surface area contributed by atoms with Crippen molar-refractivity contribution in [3.05, 3.63) is 57.8 Å². The first-order valence-electron chi connectivity index (χ1n) is 8.65. The molecule has 2 rings (SSSR count). The number of unbranched alkanes of at least 4 members (excludes halogenated alkanes) is 1. The fraction of sp³-hybridized carbons (Fsp3) is 0.350. The van der Waals surface area contributed by atoms with E-state index in [1.807, 2.05) is 6.92 Å². The average molecular weight is 424 g/mol. The number of rotatable bonds is 9. The van der Waals surface area contributed by atoms with Gasteiger partial charge in [0, 0.05) is 22.2 Å². The summed E-state index contributed by atoms with van der Waals surface area (Å²) >= 11 is 3.19. The molecule has 0 saturated heterocycles. The third kappa shape index (κ3) is 5.81. The summed E-state index contributed by atoms with van der Waals surface area (Å²) in [5.74, 6) is -0.193. The third-order valence-electron chi connectivity index (χ3n) is 3.70. The minimum atomic E-state index is -0.498. The lowest BCUT2D eigenvalue weighted by Gasteiger charge is -2.13. The van der Waals surface area contributed by atoms with Crippen LogP contribution in [0.4, 0.5) is 10.1 Å². The Hall–Kier alpha value is -1.92. The number of carbonyl (C=O) groups excluding carboxylic acids is 1. The third-order valence-corrected chi connectivity index (χ3v) is 4.19. The summed E-state index contributed by atoms with van der Waals surface area (Å²) in [5, 5.41) is 2.59. The Kier molecular flexibility index (Phi) is 8.06. The van der Waals surface area contributed by atoms with Crippen molar-refractivity contribution in [2.45, 2.75) is 33.3 Å². The first-order chi connectivity index (χ1) is 12.5. The molecule has 0 heterocycles. The van der Waals surface area contributed by atoms with Gasteiger partial charge in [-0.1, -0.05) is 29.3 Å². The highest BCUT2D eigenvalue weighted by Gasteiger charge is 2.13. The molecule has 0 bridgehead atoms. The minimum Gasteiger partial charge on any atom is -0.494 e. The first-order valence-corrected chi connectivity index (χ1v) is 9.44. The zero-order chi connectivity index (χ0) is 18.9. The van der Waals surface area contributed by atoms with E-state index < -0.39 is 5.82 Å². The Labute approximate surface area is 161 Å². The molecule has 0 spiro atoms. The van der Waals surface area contributed by atoms with Gasteiger partial charge in [-0.3, -0.25) is 4.79 Å². The molecule has 1 N–H and O–H groups in total. The molecule has 0 radical (unpaired) electrons. The lowest BCUT2D eigenvalue weighted by atomic mass is 10.1. The molecule has 1 amide bonds. The van der Waals surface area contributed by atoms with Crippen LogP contribution in [0.25, 0.3) is 0 Å². The molecule has 0 unspecified atom stereocenters. The summed E-state index contributed by atoms with van der Waals surface area (Å²) in [7, 11) is 0. The lowest BCUT2D eigenvalue weighted by molar-refractivity contribution is 0.102. The maximum Gasteiger partial charge on any atom is 0.255 e. The summed E-state index contributed by atoms with van der Waals surface area (Å²) in [4.78, 5) is 12.5. The van der Waals surface area contributed by atoms with Crippen molar-refractivity contribution in [1.29, 1.82) is 0 Å². The quantitative estimate of drug-likeness (QED) is 0.537. The summed E-state index contributed by atoms with van der Waals surface area (Å²) in [6, 6.07) is 9.62. The fourth-order valence-electron chi connectivity index (χ4n) is 2.34. The number of benzene rings is 2. The van der Waals surface area contributed by atoms with Gasteiger partial charge >= 0.3 is 0 Å². The molecule has 26 heavy (non-hydrogen) atoms. The van der Waals surface area contributed by atoms with E-state index in [0.29, 0.717) is 35.6 Å². The molecule has 0 fully saturated rings. The summed E-state index contributed by atoms with van der Waals surface area (Å²) in [6.45, 7) is 5.54. The van der Waals surface area contributed by atoms with E-state index in [-0.39, 0.29) is 11.6 Å². The molecule has 2 aromatic carbocycles. The van der Waals surface area contributed by atoms with Crippen molar-refractivity contribution >= 4 is 27.5 Å². The molecule has 2 aromatic rings. The van der Waals surface area contributed by atoms with Crippen molar-refractivity contribution < 1.29 is 18.7 Å². The van der Waals surface area contributed by atoms with Crippen molar-refractivity contribution in [2.24, 2.45) is 0 Å². The lowest BCUT2D eigenvalue weighted by Crippen LogP contribution is -2.14. The molecule has 0 atom stereocenters. The van der Waals surface area contributed by atoms with Crippen LogP contribution in [0.3, 0.4) is 0 Å². The van der Waals surface area contributed by atoms with E-state index in [1.54, 1.807) is 24.3 Å². The number of hydrogen-bond donors (Lipinski definition) is 1. The van der Waals surface area contributed by atoms with Crippen LogP contribution >= 0.6 is 15.9 Å². The van der Waals surface area contributed by atoms with Crippen molar-refractivity contribution in [3.8, 4) is 5.75 Å². The van der Waals surface area contributed by atoms with Crippen LogP contribution in [0.15, 0.2) is 40.9 Å². The van der Waals surface area contributed by atoms with Gasteiger partial charge in [0.2, 0.25) is 0 Å². The standard InChI is InChI=1S/C20H23BrFNO3/c1-3-5-10-25-13-15-11-14(6-9-19(15)26-4-2)20(24)23-18-8-7-16(21)12-17(18)22/h6-9,11-12H,3-5,10,13H2,1-2H3,(H,23,24). The number of carbonyl (C=O) groups is 1. The van der Waals surface area contributed by atoms with E-state index in [9.17, 15) is 9.18 Å². The molecular formula is C20H23BrFNO3. The number of anilines is 1. The van der Waals surface area contributed by atoms with Crippen molar-refractivity contribution in [3.63, 3.8) is 0 Å². The van der Waals surface area contributed by atoms with Crippen LogP contribution in [-0.4, -0.2) is 19.1 Å². The smallest absolute Gasteiger partial charge is 0.255 e. The number of amides is 1. The topological polar surface area (TPSA) is 47.6 Å². The molecule has 6 heteroatoms. The Morgan fingerprint density at radius 2 is 2.00 bits per heavy atom. The number of hydrogen-bond acceptors (Lipinski definition) is 3. The van der Waals surface area contributed by atoms with Crippen LogP contribution in [0.1, 0.15) is 42.6 Å². The number of ether oxygens (including phenoxy) is 2. The maximum absolute atomic E-state index is 13.9. The van der Waals surface area contributed by atoms with E-state index >= 15 is 0 Å². The predicted octanol–water partition coefficient (Wildman–Crippen LogP) is 5.56. The van der Waals surface area contributed by atoms with E-state index in [1.165, 1.54) is 12.1 Å². The average Bonchev–Trinajstić information content (AvgIpc) is 2.62. The minimum absolute atomic E-state index is 0.132. The second-order valence-electron chi connectivity index (χ2n) is 5.74. The van der Waals surface area contributed by atoms with Crippen LogP contribution in [0.5, 0.6) is 5.75 Å². The largest absolute Gasteiger partial charge is 0.494 e. The fourth-order valence-corrected chi connectivity index (χ4v) is 2.68. The van der Waals surface area contributed by atoms with Gasteiger partial charge in [0.15, 0.2) is 0 Å². The van der Waals surface area contributed by atoms with Gasteiger partial charge in [0.25, 0.3) is 5.91 Å². The van der Waals surface area contributed by atoms with E-state index in [0.717, 1.165) is 18.4 Å². The number of nitrogens with one attached hydrogen (secondary N) is 1. The molecule has 0 aliphatic carbocycles. The zero-order valence-corrected chi connectivity index (χ0v) is 16.6. The summed E-state index contributed by atoms with van der Waals surface area (Å²) in [5.41, 5.74) is 1.35. The van der Waals surface area contributed by atoms with Gasteiger partial charge in [0.05, 0.1) is 18.9 Å². The Balaban J connectivity index is 2.15. The Morgan fingerprint density at radius 3 is 2.69 bits per heavy atom. The van der Waals surface area contributed by atoms with Gasteiger partial charge in [-0.25, -0.2) is 4.39 Å². The monoisotopic (exact) mass is 423 g/mol. The van der Waals surface area contributed by atoms with Gasteiger partial charge in [-0.05, 0) is 49.7 Å². The highest BCUT2D eigenvalue weighted by Crippen LogP contribution is 2.24. The molecule has 0 aliphatic heterocycles. The molecule has 0 saturated carbocycles. The van der Waals surface area contributed by atoms with Crippen molar-refractivity contribution in [1.82, 2.24) is 0 Å². The van der Waals surface area contributed by atoms with Gasteiger partial charge < -0.3 is 14.8 Å². The second-order valence-corrected chi connectivity index (χ2v) is 6.66. The molecule has 0 aromatic heterocycles. The zero-order valence-electron chi connectivity index (χ0n) is 15.0. The maximum atomic E-state index is 13.9. The van der Waals surface area contributed by atoms with E-state index in [2.05, 4.69) is 28.2 Å². The van der Waals surface area contributed by atoms with E-state index in [4.69, 9.17) is 9.47 Å². The summed E-state index contributed by atoms with van der Waals surface area (Å²) < 4.78 is 25.8. The highest BCUT2D eigenvalue weighted by molar-refractivity contribution is 9.10. The summed E-state index contributed by atoms with van der Waals surface area (Å²) in [6.07, 6.45) is 2.03. The normalized spacial score (nSPS) is 10.6.